The minimum Gasteiger partial charge on any atom is -0.327 e. The number of aldehydes is 1. The van der Waals surface area contributed by atoms with E-state index in [-0.39, 0.29) is 12.0 Å². The van der Waals surface area contributed by atoms with Crippen LogP contribution in [0.25, 0.3) is 0 Å². The summed E-state index contributed by atoms with van der Waals surface area (Å²) in [5, 5.41) is 0. The molecule has 0 aromatic carbocycles. The second-order valence-corrected chi connectivity index (χ2v) is 5.69. The van der Waals surface area contributed by atoms with Crippen molar-refractivity contribution in [1.82, 2.24) is 0 Å². The van der Waals surface area contributed by atoms with Crippen molar-refractivity contribution in [2.45, 2.75) is 24.0 Å². The van der Waals surface area contributed by atoms with Gasteiger partial charge in [-0.05, 0) is 6.42 Å². The van der Waals surface area contributed by atoms with Gasteiger partial charge in [0.1, 0.15) is 6.29 Å². The van der Waals surface area contributed by atoms with Gasteiger partial charge in [0.2, 0.25) is 0 Å². The van der Waals surface area contributed by atoms with Gasteiger partial charge in [-0.15, -0.1) is 23.5 Å². The zero-order chi connectivity index (χ0) is 8.97. The zero-order valence-corrected chi connectivity index (χ0v) is 8.87. The smallest absolute Gasteiger partial charge is 0.126 e. The number of carbonyl (C=O) groups excluding carboxylic acids is 1. The molecular weight excluding hydrogens is 190 g/mol. The maximum absolute atomic E-state index is 10.8. The second-order valence-electron chi connectivity index (χ2n) is 2.90. The number of hydrogen-bond acceptors (Lipinski definition) is 4. The molecule has 70 valence electrons. The van der Waals surface area contributed by atoms with E-state index < -0.39 is 0 Å². The molecule has 1 rings (SSSR count). The molecule has 2 atom stereocenters. The van der Waals surface area contributed by atoms with Gasteiger partial charge in [-0.2, -0.15) is 0 Å². The summed E-state index contributed by atoms with van der Waals surface area (Å²) in [4.78, 5) is 10.8. The summed E-state index contributed by atoms with van der Waals surface area (Å²) in [7, 11) is 0. The third-order valence-electron chi connectivity index (χ3n) is 2.08. The van der Waals surface area contributed by atoms with Crippen LogP contribution in [-0.2, 0) is 4.79 Å². The Kier molecular flexibility index (Phi) is 4.46. The Hall–Kier alpha value is 0.330. The van der Waals surface area contributed by atoms with Gasteiger partial charge in [0.05, 0.1) is 10.5 Å². The maximum atomic E-state index is 10.8. The van der Waals surface area contributed by atoms with Crippen molar-refractivity contribution in [2.24, 2.45) is 11.7 Å². The average Bonchev–Trinajstić information content (AvgIpc) is 2.58. The highest BCUT2D eigenvalue weighted by Gasteiger charge is 2.29. The summed E-state index contributed by atoms with van der Waals surface area (Å²) >= 11 is 3.74. The molecule has 0 amide bonds. The Bertz CT molecular complexity index is 148. The maximum Gasteiger partial charge on any atom is 0.126 e. The monoisotopic (exact) mass is 205 g/mol. The summed E-state index contributed by atoms with van der Waals surface area (Å²) in [6, 6.07) is 0.0469. The molecular formula is C8H15NOS2. The standard InChI is InChI=1S/C8H15NOS2/c1-2-7(9)6(5-10)8-11-3-4-12-8/h5-8H,2-4,9H2,1H3. The molecule has 2 unspecified atom stereocenters. The van der Waals surface area contributed by atoms with Gasteiger partial charge in [-0.25, -0.2) is 0 Å². The van der Waals surface area contributed by atoms with Crippen molar-refractivity contribution < 1.29 is 4.79 Å². The predicted molar refractivity (Wildman–Crippen MR) is 56.5 cm³/mol. The van der Waals surface area contributed by atoms with E-state index in [0.717, 1.165) is 24.2 Å². The normalized spacial score (nSPS) is 23.8. The molecule has 0 aromatic rings. The predicted octanol–water partition coefficient (Wildman–Crippen LogP) is 1.34. The lowest BCUT2D eigenvalue weighted by molar-refractivity contribution is -0.111. The van der Waals surface area contributed by atoms with Gasteiger partial charge in [0.25, 0.3) is 0 Å². The summed E-state index contributed by atoms with van der Waals surface area (Å²) in [6.07, 6.45) is 1.92. The highest BCUT2D eigenvalue weighted by Crippen LogP contribution is 2.37. The molecule has 1 heterocycles. The van der Waals surface area contributed by atoms with Gasteiger partial charge >= 0.3 is 0 Å². The Morgan fingerprint density at radius 3 is 2.58 bits per heavy atom. The van der Waals surface area contributed by atoms with E-state index in [4.69, 9.17) is 5.73 Å². The van der Waals surface area contributed by atoms with E-state index >= 15 is 0 Å². The van der Waals surface area contributed by atoms with Crippen LogP contribution in [0.5, 0.6) is 0 Å². The lowest BCUT2D eigenvalue weighted by Crippen LogP contribution is -2.35. The highest BCUT2D eigenvalue weighted by atomic mass is 32.2. The Balaban J connectivity index is 2.47. The summed E-state index contributed by atoms with van der Waals surface area (Å²) in [5.41, 5.74) is 5.85. The number of hydrogen-bond donors (Lipinski definition) is 1. The third kappa shape index (κ3) is 2.41. The summed E-state index contributed by atoms with van der Waals surface area (Å²) < 4.78 is 0.414. The molecule has 0 bridgehead atoms. The Morgan fingerprint density at radius 1 is 1.58 bits per heavy atom. The Labute approximate surface area is 82.0 Å². The van der Waals surface area contributed by atoms with Gasteiger partial charge in [-0.3, -0.25) is 0 Å². The molecule has 0 radical (unpaired) electrons. The number of rotatable bonds is 4. The van der Waals surface area contributed by atoms with E-state index in [1.165, 1.54) is 0 Å². The highest BCUT2D eigenvalue weighted by molar-refractivity contribution is 8.20. The molecule has 2 nitrogen and oxygen atoms in total. The minimum atomic E-state index is 0.0469. The van der Waals surface area contributed by atoms with E-state index in [9.17, 15) is 4.79 Å². The lowest BCUT2D eigenvalue weighted by Gasteiger charge is -2.21. The van der Waals surface area contributed by atoms with Crippen molar-refractivity contribution in [1.29, 1.82) is 0 Å². The van der Waals surface area contributed by atoms with Gasteiger partial charge < -0.3 is 10.5 Å². The first-order valence-electron chi connectivity index (χ1n) is 4.23. The summed E-state index contributed by atoms with van der Waals surface area (Å²) in [5.74, 6) is 2.37. The molecule has 4 heteroatoms. The molecule has 1 saturated heterocycles. The van der Waals surface area contributed by atoms with Gasteiger partial charge in [0.15, 0.2) is 0 Å². The van der Waals surface area contributed by atoms with Crippen LogP contribution in [0, 0.1) is 5.92 Å². The first kappa shape index (κ1) is 10.4. The topological polar surface area (TPSA) is 43.1 Å². The van der Waals surface area contributed by atoms with Crippen molar-refractivity contribution in [3.63, 3.8) is 0 Å². The first-order chi connectivity index (χ1) is 5.79. The van der Waals surface area contributed by atoms with Crippen molar-refractivity contribution in [3.05, 3.63) is 0 Å². The lowest BCUT2D eigenvalue weighted by atomic mass is 10.0. The fourth-order valence-corrected chi connectivity index (χ4v) is 4.41. The molecule has 0 aliphatic carbocycles. The van der Waals surface area contributed by atoms with Crippen molar-refractivity contribution in [3.8, 4) is 0 Å². The van der Waals surface area contributed by atoms with Crippen LogP contribution in [0.1, 0.15) is 13.3 Å². The number of thioether (sulfide) groups is 2. The van der Waals surface area contributed by atoms with Crippen LogP contribution in [0.2, 0.25) is 0 Å². The molecule has 1 aliphatic heterocycles. The second kappa shape index (κ2) is 5.14. The van der Waals surface area contributed by atoms with Gasteiger partial charge in [0, 0.05) is 17.5 Å². The first-order valence-corrected chi connectivity index (χ1v) is 6.33. The molecule has 1 fully saturated rings. The van der Waals surface area contributed by atoms with E-state index in [0.29, 0.717) is 4.58 Å². The van der Waals surface area contributed by atoms with Crippen molar-refractivity contribution in [2.75, 3.05) is 11.5 Å². The van der Waals surface area contributed by atoms with Crippen LogP contribution in [-0.4, -0.2) is 28.4 Å². The van der Waals surface area contributed by atoms with Crippen LogP contribution in [0.4, 0.5) is 0 Å². The average molecular weight is 205 g/mol. The van der Waals surface area contributed by atoms with Crippen LogP contribution < -0.4 is 5.73 Å². The molecule has 2 N–H and O–H groups in total. The van der Waals surface area contributed by atoms with Crippen LogP contribution in [0.3, 0.4) is 0 Å². The quantitative estimate of drug-likeness (QED) is 0.704. The van der Waals surface area contributed by atoms with E-state index in [1.54, 1.807) is 0 Å². The number of nitrogens with two attached hydrogens (primary N) is 1. The zero-order valence-electron chi connectivity index (χ0n) is 7.23. The summed E-state index contributed by atoms with van der Waals surface area (Å²) in [6.45, 7) is 2.03. The largest absolute Gasteiger partial charge is 0.327 e. The molecule has 0 saturated carbocycles. The SMILES string of the molecule is CCC(N)C(C=O)C1SCCS1. The molecule has 1 aliphatic rings. The van der Waals surface area contributed by atoms with E-state index in [2.05, 4.69) is 0 Å². The number of carbonyl (C=O) groups is 1. The van der Waals surface area contributed by atoms with E-state index in [1.807, 2.05) is 30.4 Å². The fraction of sp³-hybridized carbons (Fsp3) is 0.875. The van der Waals surface area contributed by atoms with Crippen molar-refractivity contribution >= 4 is 29.8 Å². The van der Waals surface area contributed by atoms with Crippen LogP contribution >= 0.6 is 23.5 Å². The third-order valence-corrected chi connectivity index (χ3v) is 5.32. The molecule has 12 heavy (non-hydrogen) atoms. The molecule has 0 aromatic heterocycles. The Morgan fingerprint density at radius 2 is 2.17 bits per heavy atom. The van der Waals surface area contributed by atoms with Gasteiger partial charge in [-0.1, -0.05) is 6.92 Å². The van der Waals surface area contributed by atoms with Crippen LogP contribution in [0.15, 0.2) is 0 Å². The molecule has 0 spiro atoms. The fourth-order valence-electron chi connectivity index (χ4n) is 1.24. The minimum absolute atomic E-state index is 0.0469.